The van der Waals surface area contributed by atoms with Crippen molar-refractivity contribution in [1.82, 2.24) is 29.6 Å². The maximum Gasteiger partial charge on any atom is 0.224 e. The molecule has 1 saturated heterocycles. The van der Waals surface area contributed by atoms with Crippen LogP contribution in [-0.4, -0.2) is 37.4 Å². The SMILES string of the molecule is Clc1ncc2c(-c3ccn(Cc4ccccc4)n3)cn(C3CCC(C4CCNCC4)C3)c2n1. The maximum absolute atomic E-state index is 6.24. The summed E-state index contributed by atoms with van der Waals surface area (Å²) in [4.78, 5) is 8.95. The van der Waals surface area contributed by atoms with Gasteiger partial charge in [-0.2, -0.15) is 10.1 Å². The van der Waals surface area contributed by atoms with Crippen molar-refractivity contribution in [1.29, 1.82) is 0 Å². The Morgan fingerprint density at radius 3 is 2.70 bits per heavy atom. The Bertz CT molecular complexity index is 1240. The number of piperidine rings is 1. The fraction of sp³-hybridized carbons (Fsp3) is 0.423. The Hall–Kier alpha value is -2.70. The first kappa shape index (κ1) is 20.9. The highest BCUT2D eigenvalue weighted by atomic mass is 35.5. The molecule has 1 aliphatic carbocycles. The highest BCUT2D eigenvalue weighted by molar-refractivity contribution is 6.28. The number of hydrogen-bond acceptors (Lipinski definition) is 4. The van der Waals surface area contributed by atoms with Crippen molar-refractivity contribution in [3.63, 3.8) is 0 Å². The molecule has 0 bridgehead atoms. The van der Waals surface area contributed by atoms with Crippen LogP contribution in [0, 0.1) is 11.8 Å². The smallest absolute Gasteiger partial charge is 0.224 e. The van der Waals surface area contributed by atoms with Crippen molar-refractivity contribution in [2.75, 3.05) is 13.1 Å². The van der Waals surface area contributed by atoms with E-state index in [1.807, 2.05) is 23.1 Å². The van der Waals surface area contributed by atoms with Crippen molar-refractivity contribution in [3.8, 4) is 11.3 Å². The van der Waals surface area contributed by atoms with Crippen LogP contribution in [0.1, 0.15) is 43.7 Å². The molecular formula is C26H29ClN6. The quantitative estimate of drug-likeness (QED) is 0.408. The Morgan fingerprint density at radius 1 is 1.00 bits per heavy atom. The molecule has 0 radical (unpaired) electrons. The van der Waals surface area contributed by atoms with Crippen LogP contribution in [0.3, 0.4) is 0 Å². The molecule has 1 saturated carbocycles. The van der Waals surface area contributed by atoms with Gasteiger partial charge in [-0.15, -0.1) is 0 Å². The van der Waals surface area contributed by atoms with Crippen molar-refractivity contribution in [3.05, 3.63) is 65.8 Å². The Kier molecular flexibility index (Phi) is 5.64. The summed E-state index contributed by atoms with van der Waals surface area (Å²) in [6.45, 7) is 3.08. The lowest BCUT2D eigenvalue weighted by atomic mass is 9.84. The zero-order valence-corrected chi connectivity index (χ0v) is 19.5. The van der Waals surface area contributed by atoms with E-state index in [2.05, 4.69) is 56.4 Å². The standard InChI is InChI=1S/C26H29ClN6/c27-26-29-15-22-23(24-10-13-32(31-24)16-18-4-2-1-3-5-18)17-33(25(22)30-26)21-7-6-20(14-21)19-8-11-28-12-9-19/h1-5,10,13,15,17,19-21,28H,6-9,11-12,14,16H2. The van der Waals surface area contributed by atoms with E-state index in [1.165, 1.54) is 37.7 Å². The zero-order valence-electron chi connectivity index (χ0n) is 18.7. The fourth-order valence-electron chi connectivity index (χ4n) is 5.84. The molecule has 33 heavy (non-hydrogen) atoms. The lowest BCUT2D eigenvalue weighted by Gasteiger charge is -2.28. The molecule has 2 aliphatic rings. The van der Waals surface area contributed by atoms with Gasteiger partial charge in [-0.1, -0.05) is 30.3 Å². The van der Waals surface area contributed by atoms with Crippen LogP contribution in [-0.2, 0) is 6.54 Å². The van der Waals surface area contributed by atoms with Gasteiger partial charge in [0, 0.05) is 35.6 Å². The predicted octanol–water partition coefficient (Wildman–Crippen LogP) is 5.34. The molecule has 7 heteroatoms. The van der Waals surface area contributed by atoms with Gasteiger partial charge in [-0.05, 0) is 80.3 Å². The molecule has 0 spiro atoms. The van der Waals surface area contributed by atoms with E-state index >= 15 is 0 Å². The molecule has 2 unspecified atom stereocenters. The number of nitrogens with one attached hydrogen (secondary N) is 1. The van der Waals surface area contributed by atoms with Crippen molar-refractivity contribution >= 4 is 22.6 Å². The number of hydrogen-bond donors (Lipinski definition) is 1. The Morgan fingerprint density at radius 2 is 1.85 bits per heavy atom. The number of fused-ring (bicyclic) bond motifs is 1. The first-order valence-corrected chi connectivity index (χ1v) is 12.4. The molecule has 4 heterocycles. The minimum atomic E-state index is 0.302. The molecule has 0 amide bonds. The summed E-state index contributed by atoms with van der Waals surface area (Å²) in [6.07, 6.45) is 12.5. The first-order valence-electron chi connectivity index (χ1n) is 12.1. The average Bonchev–Trinajstić information content (AvgIpc) is 3.58. The molecular weight excluding hydrogens is 432 g/mol. The lowest BCUT2D eigenvalue weighted by molar-refractivity contribution is 0.257. The number of halogens is 1. The van der Waals surface area contributed by atoms with Gasteiger partial charge in [0.25, 0.3) is 0 Å². The van der Waals surface area contributed by atoms with E-state index in [0.29, 0.717) is 11.3 Å². The van der Waals surface area contributed by atoms with E-state index in [4.69, 9.17) is 16.7 Å². The summed E-state index contributed by atoms with van der Waals surface area (Å²) in [6, 6.07) is 13.0. The van der Waals surface area contributed by atoms with E-state index in [9.17, 15) is 0 Å². The first-order chi connectivity index (χ1) is 16.2. The number of aromatic nitrogens is 5. The predicted molar refractivity (Wildman–Crippen MR) is 131 cm³/mol. The molecule has 1 aliphatic heterocycles. The number of rotatable bonds is 5. The molecule has 6 nitrogen and oxygen atoms in total. The second-order valence-corrected chi connectivity index (χ2v) is 9.86. The van der Waals surface area contributed by atoms with Gasteiger partial charge >= 0.3 is 0 Å². The summed E-state index contributed by atoms with van der Waals surface area (Å²) >= 11 is 6.24. The van der Waals surface area contributed by atoms with Gasteiger partial charge in [0.2, 0.25) is 5.28 Å². The highest BCUT2D eigenvalue weighted by Crippen LogP contribution is 2.43. The summed E-state index contributed by atoms with van der Waals surface area (Å²) < 4.78 is 4.35. The Balaban J connectivity index is 1.31. The van der Waals surface area contributed by atoms with Gasteiger partial charge in [-0.25, -0.2) is 4.98 Å². The van der Waals surface area contributed by atoms with Crippen LogP contribution in [0.25, 0.3) is 22.3 Å². The molecule has 170 valence electrons. The largest absolute Gasteiger partial charge is 0.329 e. The third-order valence-electron chi connectivity index (χ3n) is 7.54. The van der Waals surface area contributed by atoms with Gasteiger partial charge in [-0.3, -0.25) is 4.68 Å². The maximum atomic E-state index is 6.24. The van der Waals surface area contributed by atoms with Crippen LogP contribution in [0.4, 0.5) is 0 Å². The van der Waals surface area contributed by atoms with Gasteiger partial charge in [0.15, 0.2) is 0 Å². The van der Waals surface area contributed by atoms with Crippen molar-refractivity contribution in [2.24, 2.45) is 11.8 Å². The average molecular weight is 461 g/mol. The third-order valence-corrected chi connectivity index (χ3v) is 7.72. The van der Waals surface area contributed by atoms with E-state index < -0.39 is 0 Å². The fourth-order valence-corrected chi connectivity index (χ4v) is 5.97. The van der Waals surface area contributed by atoms with Gasteiger partial charge in [0.1, 0.15) is 5.65 Å². The Labute approximate surface area is 199 Å². The molecule has 4 aromatic rings. The van der Waals surface area contributed by atoms with Crippen LogP contribution in [0.2, 0.25) is 5.28 Å². The van der Waals surface area contributed by atoms with E-state index in [-0.39, 0.29) is 0 Å². The van der Waals surface area contributed by atoms with E-state index in [1.54, 1.807) is 0 Å². The normalized spacial score (nSPS) is 21.7. The van der Waals surface area contributed by atoms with E-state index in [0.717, 1.165) is 53.8 Å². The summed E-state index contributed by atoms with van der Waals surface area (Å²) in [5, 5.41) is 9.71. The van der Waals surface area contributed by atoms with Crippen LogP contribution in [0.15, 0.2) is 55.0 Å². The van der Waals surface area contributed by atoms with Crippen LogP contribution in [0.5, 0.6) is 0 Å². The van der Waals surface area contributed by atoms with Crippen LogP contribution >= 0.6 is 11.6 Å². The molecule has 2 atom stereocenters. The topological polar surface area (TPSA) is 60.6 Å². The molecule has 2 fully saturated rings. The molecule has 6 rings (SSSR count). The second-order valence-electron chi connectivity index (χ2n) is 9.52. The van der Waals surface area contributed by atoms with Crippen molar-refractivity contribution in [2.45, 2.75) is 44.7 Å². The summed E-state index contributed by atoms with van der Waals surface area (Å²) in [5.74, 6) is 1.66. The van der Waals surface area contributed by atoms with Gasteiger partial charge < -0.3 is 9.88 Å². The number of nitrogens with zero attached hydrogens (tertiary/aromatic N) is 5. The molecule has 3 aromatic heterocycles. The minimum Gasteiger partial charge on any atom is -0.329 e. The third kappa shape index (κ3) is 4.18. The number of benzene rings is 1. The van der Waals surface area contributed by atoms with Crippen LogP contribution < -0.4 is 5.32 Å². The minimum absolute atomic E-state index is 0.302. The monoisotopic (exact) mass is 460 g/mol. The summed E-state index contributed by atoms with van der Waals surface area (Å²) in [5.41, 5.74) is 4.20. The lowest BCUT2D eigenvalue weighted by Crippen LogP contribution is -2.31. The van der Waals surface area contributed by atoms with Gasteiger partial charge in [0.05, 0.1) is 12.2 Å². The molecule has 1 N–H and O–H groups in total. The summed E-state index contributed by atoms with van der Waals surface area (Å²) in [7, 11) is 0. The zero-order chi connectivity index (χ0) is 22.2. The van der Waals surface area contributed by atoms with Crippen molar-refractivity contribution < 1.29 is 0 Å². The molecule has 1 aromatic carbocycles. The highest BCUT2D eigenvalue weighted by Gasteiger charge is 2.33. The second kappa shape index (κ2) is 8.92.